The van der Waals surface area contributed by atoms with Crippen LogP contribution in [0.3, 0.4) is 0 Å². The van der Waals surface area contributed by atoms with Crippen LogP contribution in [0.4, 0.5) is 36.6 Å². The monoisotopic (exact) mass is 564 g/mol. The van der Waals surface area contributed by atoms with Gasteiger partial charge in [-0.1, -0.05) is 6.07 Å². The van der Waals surface area contributed by atoms with E-state index in [0.29, 0.717) is 37.1 Å². The molecule has 1 amide bonds. The predicted octanol–water partition coefficient (Wildman–Crippen LogP) is 5.58. The molecule has 3 heterocycles. The second-order valence-electron chi connectivity index (χ2n) is 9.16. The van der Waals surface area contributed by atoms with Gasteiger partial charge in [-0.2, -0.15) is 13.2 Å². The second kappa shape index (κ2) is 10.3. The molecule has 1 saturated heterocycles. The van der Waals surface area contributed by atoms with E-state index in [1.165, 1.54) is 17.4 Å². The molecule has 1 aliphatic rings. The summed E-state index contributed by atoms with van der Waals surface area (Å²) in [7, 11) is 0. The maximum Gasteiger partial charge on any atom is 0.413 e. The summed E-state index contributed by atoms with van der Waals surface area (Å²) in [5.41, 5.74) is -3.89. The van der Waals surface area contributed by atoms with Gasteiger partial charge in [0.15, 0.2) is 11.7 Å². The molecule has 0 saturated carbocycles. The summed E-state index contributed by atoms with van der Waals surface area (Å²) in [6, 6.07) is 4.13. The molecule has 13 heteroatoms. The van der Waals surface area contributed by atoms with Gasteiger partial charge >= 0.3 is 6.18 Å². The molecule has 0 aliphatic carbocycles. The first-order valence-corrected chi connectivity index (χ1v) is 12.0. The van der Waals surface area contributed by atoms with Crippen molar-refractivity contribution < 1.29 is 35.5 Å². The van der Waals surface area contributed by atoms with Gasteiger partial charge in [-0.15, -0.1) is 0 Å². The smallest absolute Gasteiger partial charge is 0.357 e. The van der Waals surface area contributed by atoms with Crippen LogP contribution in [0.25, 0.3) is 16.7 Å². The minimum atomic E-state index is -5.36. The zero-order chi connectivity index (χ0) is 28.8. The largest absolute Gasteiger partial charge is 0.413 e. The third-order valence-corrected chi connectivity index (χ3v) is 6.57. The van der Waals surface area contributed by atoms with Gasteiger partial charge in [0.25, 0.3) is 5.91 Å². The molecule has 2 aromatic heterocycles. The standard InChI is InChI=1S/C27H19F7N4O2/c28-14-6-8-20(19(31)12-14)38-13-16(23(39)15-7-9-21(35-25(15)38)37-10-1-2-11-37)26(40)36-24(27(32,33)34)22-17(29)4-3-5-18(22)30/h3-9,12-13,24H,1-2,10-11H2,(H,36,40). The van der Waals surface area contributed by atoms with Gasteiger partial charge < -0.3 is 10.2 Å². The number of alkyl halides is 3. The highest BCUT2D eigenvalue weighted by Crippen LogP contribution is 2.35. The van der Waals surface area contributed by atoms with E-state index in [2.05, 4.69) is 4.98 Å². The number of hydrogen-bond donors (Lipinski definition) is 1. The number of carbonyl (C=O) groups is 1. The first-order valence-electron chi connectivity index (χ1n) is 12.0. The van der Waals surface area contributed by atoms with E-state index in [1.807, 2.05) is 4.90 Å². The molecular formula is C27H19F7N4O2. The van der Waals surface area contributed by atoms with Crippen LogP contribution in [0, 0.1) is 23.3 Å². The molecule has 1 atom stereocenters. The maximum absolute atomic E-state index is 14.9. The van der Waals surface area contributed by atoms with E-state index in [4.69, 9.17) is 0 Å². The molecule has 2 aromatic carbocycles. The maximum atomic E-state index is 14.9. The van der Waals surface area contributed by atoms with Crippen LogP contribution in [0.5, 0.6) is 0 Å². The molecule has 1 N–H and O–H groups in total. The van der Waals surface area contributed by atoms with Crippen LogP contribution < -0.4 is 15.6 Å². The number of benzene rings is 2. The lowest BCUT2D eigenvalue weighted by molar-refractivity contribution is -0.156. The van der Waals surface area contributed by atoms with Crippen molar-refractivity contribution in [2.24, 2.45) is 0 Å². The van der Waals surface area contributed by atoms with E-state index in [9.17, 15) is 40.3 Å². The van der Waals surface area contributed by atoms with Crippen LogP contribution in [0.2, 0.25) is 0 Å². The Bertz CT molecular complexity index is 1660. The van der Waals surface area contributed by atoms with Crippen LogP contribution >= 0.6 is 0 Å². The summed E-state index contributed by atoms with van der Waals surface area (Å²) < 4.78 is 99.7. The van der Waals surface area contributed by atoms with Crippen LogP contribution in [0.1, 0.15) is 34.8 Å². The lowest BCUT2D eigenvalue weighted by Crippen LogP contribution is -2.41. The van der Waals surface area contributed by atoms with Crippen molar-refractivity contribution in [1.82, 2.24) is 14.9 Å². The van der Waals surface area contributed by atoms with Crippen molar-refractivity contribution in [3.8, 4) is 5.69 Å². The summed E-state index contributed by atoms with van der Waals surface area (Å²) in [6.07, 6.45) is -2.81. The van der Waals surface area contributed by atoms with E-state index in [-0.39, 0.29) is 16.7 Å². The van der Waals surface area contributed by atoms with Gasteiger partial charge in [0.05, 0.1) is 16.6 Å². The van der Waals surface area contributed by atoms with Gasteiger partial charge in [0.2, 0.25) is 5.43 Å². The number of fused-ring (bicyclic) bond motifs is 1. The van der Waals surface area contributed by atoms with Crippen molar-refractivity contribution in [3.63, 3.8) is 0 Å². The van der Waals surface area contributed by atoms with Gasteiger partial charge in [0, 0.05) is 25.4 Å². The first-order chi connectivity index (χ1) is 19.0. The summed E-state index contributed by atoms with van der Waals surface area (Å²) in [6.45, 7) is 1.33. The lowest BCUT2D eigenvalue weighted by atomic mass is 10.0. The number of anilines is 1. The third-order valence-electron chi connectivity index (χ3n) is 6.57. The number of carbonyl (C=O) groups excluding carboxylic acids is 1. The number of nitrogens with one attached hydrogen (secondary N) is 1. The van der Waals surface area contributed by atoms with E-state index in [1.54, 1.807) is 0 Å². The van der Waals surface area contributed by atoms with E-state index < -0.39 is 57.9 Å². The van der Waals surface area contributed by atoms with E-state index >= 15 is 0 Å². The minimum Gasteiger partial charge on any atom is -0.357 e. The molecule has 1 unspecified atom stereocenters. The van der Waals surface area contributed by atoms with Gasteiger partial charge in [-0.25, -0.2) is 22.5 Å². The van der Waals surface area contributed by atoms with E-state index in [0.717, 1.165) is 41.8 Å². The van der Waals surface area contributed by atoms with Crippen molar-refractivity contribution in [2.45, 2.75) is 25.1 Å². The quantitative estimate of drug-likeness (QED) is 0.322. The predicted molar refractivity (Wildman–Crippen MR) is 131 cm³/mol. The highest BCUT2D eigenvalue weighted by molar-refractivity contribution is 5.97. The molecule has 208 valence electrons. The number of hydrogen-bond acceptors (Lipinski definition) is 4. The Labute approximate surface area is 221 Å². The fraction of sp³-hybridized carbons (Fsp3) is 0.222. The van der Waals surface area contributed by atoms with Crippen LogP contribution in [-0.4, -0.2) is 34.7 Å². The SMILES string of the molecule is O=C(NC(c1c(F)cccc1F)C(F)(F)F)c1cn(-c2ccc(F)cc2F)c2nc(N3CCCC3)ccc2c1=O. The minimum absolute atomic E-state index is 0.135. The number of pyridine rings is 2. The zero-order valence-electron chi connectivity index (χ0n) is 20.4. The average molecular weight is 564 g/mol. The van der Waals surface area contributed by atoms with Gasteiger partial charge in [-0.3, -0.25) is 14.2 Å². The molecule has 40 heavy (non-hydrogen) atoms. The number of halogens is 7. The Morgan fingerprint density at radius 2 is 1.60 bits per heavy atom. The zero-order valence-corrected chi connectivity index (χ0v) is 20.4. The highest BCUT2D eigenvalue weighted by Gasteiger charge is 2.45. The van der Waals surface area contributed by atoms with Crippen LogP contribution in [0.15, 0.2) is 59.5 Å². The Balaban J connectivity index is 1.68. The summed E-state index contributed by atoms with van der Waals surface area (Å²) in [5.74, 6) is -6.35. The number of nitrogens with zero attached hydrogens (tertiary/aromatic N) is 3. The average Bonchev–Trinajstić information content (AvgIpc) is 3.43. The number of rotatable bonds is 5. The topological polar surface area (TPSA) is 67.2 Å². The summed E-state index contributed by atoms with van der Waals surface area (Å²) in [5, 5.41) is 1.25. The molecule has 4 aromatic rings. The van der Waals surface area contributed by atoms with Gasteiger partial charge in [0.1, 0.15) is 34.7 Å². The lowest BCUT2D eigenvalue weighted by Gasteiger charge is -2.23. The Hall–Kier alpha value is -4.42. The molecule has 1 aliphatic heterocycles. The Morgan fingerprint density at radius 1 is 0.925 bits per heavy atom. The molecule has 6 nitrogen and oxygen atoms in total. The van der Waals surface area contributed by atoms with Crippen molar-refractivity contribution in [1.29, 1.82) is 0 Å². The van der Waals surface area contributed by atoms with Crippen molar-refractivity contribution in [3.05, 3.63) is 99.3 Å². The molecule has 5 rings (SSSR count). The third kappa shape index (κ3) is 4.98. The fourth-order valence-corrected chi connectivity index (χ4v) is 4.65. The number of aromatic nitrogens is 2. The second-order valence-corrected chi connectivity index (χ2v) is 9.16. The molecular weight excluding hydrogens is 545 g/mol. The fourth-order valence-electron chi connectivity index (χ4n) is 4.65. The van der Waals surface area contributed by atoms with Crippen molar-refractivity contribution >= 4 is 22.8 Å². The van der Waals surface area contributed by atoms with Crippen LogP contribution in [-0.2, 0) is 0 Å². The Kier molecular flexibility index (Phi) is 6.98. The number of amides is 1. The summed E-state index contributed by atoms with van der Waals surface area (Å²) >= 11 is 0. The summed E-state index contributed by atoms with van der Waals surface area (Å²) in [4.78, 5) is 32.8. The molecule has 0 spiro atoms. The normalized spacial score (nSPS) is 14.5. The van der Waals surface area contributed by atoms with Crippen molar-refractivity contribution in [2.75, 3.05) is 18.0 Å². The Morgan fingerprint density at radius 3 is 2.23 bits per heavy atom. The molecule has 1 fully saturated rings. The highest BCUT2D eigenvalue weighted by atomic mass is 19.4. The molecule has 0 radical (unpaired) electrons. The molecule has 0 bridgehead atoms. The van der Waals surface area contributed by atoms with Gasteiger partial charge in [-0.05, 0) is 49.2 Å². The first kappa shape index (κ1) is 27.2.